The van der Waals surface area contributed by atoms with E-state index in [0.717, 1.165) is 18.4 Å². The van der Waals surface area contributed by atoms with Gasteiger partial charge in [0.05, 0.1) is 6.04 Å². The summed E-state index contributed by atoms with van der Waals surface area (Å²) in [6.07, 6.45) is 2.42. The molecule has 0 spiro atoms. The zero-order valence-electron chi connectivity index (χ0n) is 10.1. The summed E-state index contributed by atoms with van der Waals surface area (Å²) in [5.74, 6) is -0.433. The lowest BCUT2D eigenvalue weighted by Gasteiger charge is -2.12. The van der Waals surface area contributed by atoms with E-state index in [1.54, 1.807) is 12.1 Å². The molecule has 4 heteroatoms. The third-order valence-corrected chi connectivity index (χ3v) is 2.54. The van der Waals surface area contributed by atoms with Gasteiger partial charge in [0.25, 0.3) is 0 Å². The van der Waals surface area contributed by atoms with Crippen LogP contribution in [0, 0.1) is 5.82 Å². The van der Waals surface area contributed by atoms with E-state index in [4.69, 9.17) is 5.73 Å². The Morgan fingerprint density at radius 3 is 2.65 bits per heavy atom. The monoisotopic (exact) mass is 238 g/mol. The Morgan fingerprint density at radius 2 is 2.06 bits per heavy atom. The van der Waals surface area contributed by atoms with Gasteiger partial charge in [-0.05, 0) is 30.5 Å². The Kier molecular flexibility index (Phi) is 5.63. The molecule has 3 nitrogen and oxygen atoms in total. The van der Waals surface area contributed by atoms with Crippen LogP contribution in [0.5, 0.6) is 0 Å². The predicted molar refractivity (Wildman–Crippen MR) is 66.0 cm³/mol. The molecule has 3 N–H and O–H groups in total. The third-order valence-electron chi connectivity index (χ3n) is 2.54. The highest BCUT2D eigenvalue weighted by Gasteiger charge is 2.13. The summed E-state index contributed by atoms with van der Waals surface area (Å²) in [5.41, 5.74) is 6.63. The fourth-order valence-electron chi connectivity index (χ4n) is 1.49. The third kappa shape index (κ3) is 4.95. The number of nitrogens with two attached hydrogens (primary N) is 1. The van der Waals surface area contributed by atoms with Gasteiger partial charge in [0, 0.05) is 6.54 Å². The van der Waals surface area contributed by atoms with Crippen molar-refractivity contribution in [1.82, 2.24) is 5.32 Å². The first-order chi connectivity index (χ1) is 8.13. The Bertz CT molecular complexity index is 351. The van der Waals surface area contributed by atoms with Gasteiger partial charge >= 0.3 is 0 Å². The molecule has 17 heavy (non-hydrogen) atoms. The Morgan fingerprint density at radius 1 is 1.41 bits per heavy atom. The maximum Gasteiger partial charge on any atom is 0.237 e. The van der Waals surface area contributed by atoms with E-state index >= 15 is 0 Å². The van der Waals surface area contributed by atoms with Crippen molar-refractivity contribution >= 4 is 5.91 Å². The van der Waals surface area contributed by atoms with Crippen LogP contribution < -0.4 is 11.1 Å². The number of rotatable bonds is 6. The molecule has 1 rings (SSSR count). The first-order valence-corrected chi connectivity index (χ1v) is 5.91. The zero-order chi connectivity index (χ0) is 12.7. The smallest absolute Gasteiger partial charge is 0.237 e. The van der Waals surface area contributed by atoms with E-state index in [1.807, 2.05) is 0 Å². The second-order valence-electron chi connectivity index (χ2n) is 4.08. The van der Waals surface area contributed by atoms with Gasteiger partial charge in [-0.25, -0.2) is 4.39 Å². The van der Waals surface area contributed by atoms with Gasteiger partial charge in [0.2, 0.25) is 5.91 Å². The summed E-state index contributed by atoms with van der Waals surface area (Å²) in [4.78, 5) is 11.6. The van der Waals surface area contributed by atoms with Crippen LogP contribution in [0.4, 0.5) is 4.39 Å². The normalized spacial score (nSPS) is 12.2. The number of unbranched alkanes of at least 4 members (excludes halogenated alkanes) is 1. The number of nitrogens with one attached hydrogen (secondary N) is 1. The van der Waals surface area contributed by atoms with Gasteiger partial charge in [-0.1, -0.05) is 25.5 Å². The standard InChI is InChI=1S/C13H19FN2O/c1-2-3-8-16-13(17)12(15)9-10-4-6-11(14)7-5-10/h4-7,12H,2-3,8-9,15H2,1H3,(H,16,17)/t12-/m0/s1. The van der Waals surface area contributed by atoms with Gasteiger partial charge < -0.3 is 11.1 Å². The fourth-order valence-corrected chi connectivity index (χ4v) is 1.49. The minimum atomic E-state index is -0.572. The minimum absolute atomic E-state index is 0.150. The number of carbonyl (C=O) groups is 1. The summed E-state index contributed by atoms with van der Waals surface area (Å²) < 4.78 is 12.7. The predicted octanol–water partition coefficient (Wildman–Crippen LogP) is 1.61. The molecule has 0 heterocycles. The highest BCUT2D eigenvalue weighted by molar-refractivity contribution is 5.81. The molecule has 0 saturated heterocycles. The van der Waals surface area contributed by atoms with Crippen LogP contribution in [0.1, 0.15) is 25.3 Å². The summed E-state index contributed by atoms with van der Waals surface area (Å²) >= 11 is 0. The molecular weight excluding hydrogens is 219 g/mol. The van der Waals surface area contributed by atoms with Crippen molar-refractivity contribution in [3.63, 3.8) is 0 Å². The molecule has 94 valence electrons. The topological polar surface area (TPSA) is 55.1 Å². The van der Waals surface area contributed by atoms with Crippen molar-refractivity contribution in [3.05, 3.63) is 35.6 Å². The number of amides is 1. The SMILES string of the molecule is CCCCNC(=O)[C@@H](N)Cc1ccc(F)cc1. The average Bonchev–Trinajstić information content (AvgIpc) is 2.32. The highest BCUT2D eigenvalue weighted by Crippen LogP contribution is 2.05. The van der Waals surface area contributed by atoms with Crippen LogP contribution in [0.3, 0.4) is 0 Å². The van der Waals surface area contributed by atoms with Crippen LogP contribution >= 0.6 is 0 Å². The molecule has 1 aromatic carbocycles. The molecule has 1 amide bonds. The highest BCUT2D eigenvalue weighted by atomic mass is 19.1. The van der Waals surface area contributed by atoms with Crippen LogP contribution in [0.2, 0.25) is 0 Å². The molecule has 0 aliphatic heterocycles. The van der Waals surface area contributed by atoms with Crippen LogP contribution in [0.25, 0.3) is 0 Å². The summed E-state index contributed by atoms with van der Waals surface area (Å²) in [6, 6.07) is 5.47. The minimum Gasteiger partial charge on any atom is -0.355 e. The zero-order valence-corrected chi connectivity index (χ0v) is 10.1. The van der Waals surface area contributed by atoms with E-state index in [2.05, 4.69) is 12.2 Å². The second kappa shape index (κ2) is 7.01. The molecule has 0 bridgehead atoms. The van der Waals surface area contributed by atoms with Gasteiger partial charge in [-0.15, -0.1) is 0 Å². The number of benzene rings is 1. The molecule has 1 atom stereocenters. The van der Waals surface area contributed by atoms with Crippen molar-refractivity contribution in [3.8, 4) is 0 Å². The molecular formula is C13H19FN2O. The maximum atomic E-state index is 12.7. The van der Waals surface area contributed by atoms with E-state index in [1.165, 1.54) is 12.1 Å². The molecule has 0 saturated carbocycles. The number of carbonyl (C=O) groups excluding carboxylic acids is 1. The molecule has 0 aromatic heterocycles. The Labute approximate surface area is 101 Å². The van der Waals surface area contributed by atoms with E-state index in [-0.39, 0.29) is 11.7 Å². The van der Waals surface area contributed by atoms with E-state index in [9.17, 15) is 9.18 Å². The lowest BCUT2D eigenvalue weighted by Crippen LogP contribution is -2.42. The lowest BCUT2D eigenvalue weighted by atomic mass is 10.1. The molecule has 0 fully saturated rings. The Hall–Kier alpha value is -1.42. The number of hydrogen-bond acceptors (Lipinski definition) is 2. The van der Waals surface area contributed by atoms with E-state index in [0.29, 0.717) is 13.0 Å². The second-order valence-corrected chi connectivity index (χ2v) is 4.08. The molecule has 0 aliphatic carbocycles. The first-order valence-electron chi connectivity index (χ1n) is 5.91. The lowest BCUT2D eigenvalue weighted by molar-refractivity contribution is -0.122. The quantitative estimate of drug-likeness (QED) is 0.740. The van der Waals surface area contributed by atoms with Crippen molar-refractivity contribution in [2.75, 3.05) is 6.54 Å². The number of hydrogen-bond donors (Lipinski definition) is 2. The average molecular weight is 238 g/mol. The van der Waals surface area contributed by atoms with E-state index < -0.39 is 6.04 Å². The summed E-state index contributed by atoms with van der Waals surface area (Å²) in [5, 5.41) is 2.78. The first kappa shape index (κ1) is 13.6. The summed E-state index contributed by atoms with van der Waals surface area (Å²) in [7, 11) is 0. The van der Waals surface area contributed by atoms with Crippen LogP contribution in [-0.2, 0) is 11.2 Å². The van der Waals surface area contributed by atoms with Crippen molar-refractivity contribution < 1.29 is 9.18 Å². The number of halogens is 1. The van der Waals surface area contributed by atoms with Gasteiger partial charge in [-0.2, -0.15) is 0 Å². The van der Waals surface area contributed by atoms with Crippen LogP contribution in [0.15, 0.2) is 24.3 Å². The molecule has 1 aromatic rings. The fraction of sp³-hybridized carbons (Fsp3) is 0.462. The van der Waals surface area contributed by atoms with Crippen molar-refractivity contribution in [1.29, 1.82) is 0 Å². The maximum absolute atomic E-state index is 12.7. The van der Waals surface area contributed by atoms with Crippen LogP contribution in [-0.4, -0.2) is 18.5 Å². The van der Waals surface area contributed by atoms with Crippen molar-refractivity contribution in [2.24, 2.45) is 5.73 Å². The summed E-state index contributed by atoms with van der Waals surface area (Å²) in [6.45, 7) is 2.72. The molecule has 0 unspecified atom stereocenters. The van der Waals surface area contributed by atoms with Gasteiger partial charge in [0.15, 0.2) is 0 Å². The van der Waals surface area contributed by atoms with Gasteiger partial charge in [0.1, 0.15) is 5.82 Å². The molecule has 0 radical (unpaired) electrons. The largest absolute Gasteiger partial charge is 0.355 e. The van der Waals surface area contributed by atoms with Gasteiger partial charge in [-0.3, -0.25) is 4.79 Å². The Balaban J connectivity index is 2.40. The van der Waals surface area contributed by atoms with Crippen molar-refractivity contribution in [2.45, 2.75) is 32.2 Å². The molecule has 0 aliphatic rings.